The Bertz CT molecular complexity index is 1150. The lowest BCUT2D eigenvalue weighted by Crippen LogP contribution is -2.22. The predicted octanol–water partition coefficient (Wildman–Crippen LogP) is 5.36. The number of carbonyl (C=O) groups excluding carboxylic acids is 2. The minimum absolute atomic E-state index is 0.0191. The van der Waals surface area contributed by atoms with Gasteiger partial charge in [-0.1, -0.05) is 6.07 Å². The Hall–Kier alpha value is -3.23. The van der Waals surface area contributed by atoms with Gasteiger partial charge < -0.3 is 14.2 Å². The number of aromatic nitrogens is 1. The monoisotopic (exact) mass is 480 g/mol. The molecule has 2 heterocycles. The Morgan fingerprint density at radius 2 is 1.94 bits per heavy atom. The molecule has 2 aromatic carbocycles. The number of carbonyl (C=O) groups is 2. The second-order valence-electron chi connectivity index (χ2n) is 8.29. The van der Waals surface area contributed by atoms with Crippen LogP contribution >= 0.6 is 11.3 Å². The van der Waals surface area contributed by atoms with E-state index in [1.54, 1.807) is 34.5 Å². The van der Waals surface area contributed by atoms with E-state index >= 15 is 0 Å². The fraction of sp³-hybridized carbons (Fsp3) is 0.346. The summed E-state index contributed by atoms with van der Waals surface area (Å²) in [4.78, 5) is 30.9. The van der Waals surface area contributed by atoms with Crippen LogP contribution in [0, 0.1) is 13.8 Å². The van der Waals surface area contributed by atoms with Gasteiger partial charge in [-0.05, 0) is 74.2 Å². The fourth-order valence-electron chi connectivity index (χ4n) is 3.63. The van der Waals surface area contributed by atoms with Crippen LogP contribution in [0.25, 0.3) is 0 Å². The minimum atomic E-state index is -0.446. The van der Waals surface area contributed by atoms with E-state index in [-0.39, 0.29) is 18.6 Å². The van der Waals surface area contributed by atoms with Crippen molar-refractivity contribution in [2.75, 3.05) is 18.1 Å². The van der Waals surface area contributed by atoms with Crippen LogP contribution in [0.3, 0.4) is 0 Å². The maximum atomic E-state index is 12.5. The van der Waals surface area contributed by atoms with Crippen LogP contribution in [0.5, 0.6) is 5.75 Å². The van der Waals surface area contributed by atoms with Crippen LogP contribution in [-0.4, -0.2) is 36.2 Å². The Morgan fingerprint density at radius 3 is 2.62 bits per heavy atom. The SMILES string of the molecule is CC(=O)N(c1ccc(C)c(C)c1)c1nc(COC(=O)c2ccc(OCC3CCCO3)cc2)cs1. The number of hydrogen-bond acceptors (Lipinski definition) is 7. The maximum Gasteiger partial charge on any atom is 0.338 e. The third-order valence-corrected chi connectivity index (χ3v) is 6.57. The Kier molecular flexibility index (Phi) is 7.59. The molecule has 1 saturated heterocycles. The second-order valence-corrected chi connectivity index (χ2v) is 9.13. The molecular formula is C26H28N2O5S. The first-order valence-electron chi connectivity index (χ1n) is 11.2. The molecule has 0 N–H and O–H groups in total. The first kappa shape index (κ1) is 23.9. The molecule has 1 aliphatic rings. The molecule has 1 unspecified atom stereocenters. The highest BCUT2D eigenvalue weighted by Crippen LogP contribution is 2.30. The summed E-state index contributed by atoms with van der Waals surface area (Å²) in [6.45, 7) is 6.86. The van der Waals surface area contributed by atoms with E-state index in [1.165, 1.54) is 18.3 Å². The summed E-state index contributed by atoms with van der Waals surface area (Å²) >= 11 is 1.33. The summed E-state index contributed by atoms with van der Waals surface area (Å²) in [5.41, 5.74) is 4.02. The van der Waals surface area contributed by atoms with E-state index in [1.807, 2.05) is 32.0 Å². The molecule has 7 nitrogen and oxygen atoms in total. The van der Waals surface area contributed by atoms with Gasteiger partial charge in [0.15, 0.2) is 5.13 Å². The average molecular weight is 481 g/mol. The number of aryl methyl sites for hydroxylation is 2. The van der Waals surface area contributed by atoms with Gasteiger partial charge in [0.1, 0.15) is 19.0 Å². The van der Waals surface area contributed by atoms with Crippen LogP contribution in [0.15, 0.2) is 47.8 Å². The molecule has 178 valence electrons. The molecule has 1 aliphatic heterocycles. The van der Waals surface area contributed by atoms with Gasteiger partial charge >= 0.3 is 5.97 Å². The molecule has 4 rings (SSSR count). The lowest BCUT2D eigenvalue weighted by atomic mass is 10.1. The number of nitrogens with zero attached hydrogens (tertiary/aromatic N) is 2. The summed E-state index contributed by atoms with van der Waals surface area (Å²) < 4.78 is 16.7. The van der Waals surface area contributed by atoms with E-state index in [0.717, 1.165) is 36.3 Å². The van der Waals surface area contributed by atoms with Crippen LogP contribution in [-0.2, 0) is 20.9 Å². The summed E-state index contributed by atoms with van der Waals surface area (Å²) in [6.07, 6.45) is 2.22. The number of ether oxygens (including phenoxy) is 3. The molecule has 8 heteroatoms. The summed E-state index contributed by atoms with van der Waals surface area (Å²) in [5, 5.41) is 2.33. The molecule has 0 spiro atoms. The maximum absolute atomic E-state index is 12.5. The van der Waals surface area contributed by atoms with Crippen molar-refractivity contribution in [1.82, 2.24) is 4.98 Å². The number of amides is 1. The highest BCUT2D eigenvalue weighted by molar-refractivity contribution is 7.14. The topological polar surface area (TPSA) is 78.0 Å². The largest absolute Gasteiger partial charge is 0.491 e. The van der Waals surface area contributed by atoms with Gasteiger partial charge in [0, 0.05) is 18.9 Å². The zero-order chi connectivity index (χ0) is 24.1. The Balaban J connectivity index is 1.34. The fourth-order valence-corrected chi connectivity index (χ4v) is 4.50. The Morgan fingerprint density at radius 1 is 1.15 bits per heavy atom. The van der Waals surface area contributed by atoms with Crippen molar-refractivity contribution in [2.24, 2.45) is 0 Å². The van der Waals surface area contributed by atoms with Crippen LogP contribution < -0.4 is 9.64 Å². The van der Waals surface area contributed by atoms with Crippen LogP contribution in [0.2, 0.25) is 0 Å². The molecule has 0 radical (unpaired) electrons. The molecule has 1 fully saturated rings. The number of anilines is 2. The lowest BCUT2D eigenvalue weighted by molar-refractivity contribution is -0.115. The van der Waals surface area contributed by atoms with Gasteiger partial charge in [-0.2, -0.15) is 0 Å². The van der Waals surface area contributed by atoms with E-state index in [2.05, 4.69) is 4.98 Å². The third kappa shape index (κ3) is 5.81. The molecule has 0 bridgehead atoms. The number of benzene rings is 2. The smallest absolute Gasteiger partial charge is 0.338 e. The molecule has 34 heavy (non-hydrogen) atoms. The van der Waals surface area contributed by atoms with Crippen LogP contribution in [0.4, 0.5) is 10.8 Å². The van der Waals surface area contributed by atoms with Gasteiger partial charge in [-0.15, -0.1) is 11.3 Å². The van der Waals surface area contributed by atoms with Crippen molar-refractivity contribution in [3.05, 3.63) is 70.2 Å². The molecule has 1 atom stereocenters. The number of esters is 1. The van der Waals surface area contributed by atoms with Gasteiger partial charge in [0.2, 0.25) is 5.91 Å². The minimum Gasteiger partial charge on any atom is -0.491 e. The molecule has 0 aliphatic carbocycles. The summed E-state index contributed by atoms with van der Waals surface area (Å²) in [6, 6.07) is 12.7. The number of rotatable bonds is 8. The van der Waals surface area contributed by atoms with Gasteiger partial charge in [0.25, 0.3) is 0 Å². The normalized spacial score (nSPS) is 15.2. The van der Waals surface area contributed by atoms with Crippen molar-refractivity contribution < 1.29 is 23.8 Å². The quantitative estimate of drug-likeness (QED) is 0.404. The highest BCUT2D eigenvalue weighted by Gasteiger charge is 2.19. The van der Waals surface area contributed by atoms with E-state index in [0.29, 0.717) is 28.7 Å². The van der Waals surface area contributed by atoms with Crippen molar-refractivity contribution in [1.29, 1.82) is 0 Å². The van der Waals surface area contributed by atoms with Gasteiger partial charge in [0.05, 0.1) is 23.0 Å². The van der Waals surface area contributed by atoms with Crippen molar-refractivity contribution in [2.45, 2.75) is 46.3 Å². The lowest BCUT2D eigenvalue weighted by Gasteiger charge is -2.19. The predicted molar refractivity (Wildman–Crippen MR) is 131 cm³/mol. The zero-order valence-electron chi connectivity index (χ0n) is 19.6. The number of thiazole rings is 1. The molecule has 0 saturated carbocycles. The average Bonchev–Trinajstić information content (AvgIpc) is 3.51. The van der Waals surface area contributed by atoms with Gasteiger partial charge in [-0.3, -0.25) is 9.69 Å². The van der Waals surface area contributed by atoms with Crippen molar-refractivity contribution in [3.8, 4) is 5.75 Å². The van der Waals surface area contributed by atoms with E-state index < -0.39 is 5.97 Å². The Labute approximate surface area is 203 Å². The molecule has 1 aromatic heterocycles. The molecule has 1 amide bonds. The van der Waals surface area contributed by atoms with Gasteiger partial charge in [-0.25, -0.2) is 9.78 Å². The van der Waals surface area contributed by atoms with Crippen molar-refractivity contribution in [3.63, 3.8) is 0 Å². The standard InChI is InChI=1S/C26H28N2O5S/c1-17-6-9-22(13-18(17)2)28(19(3)29)26-27-21(16-34-26)14-33-25(30)20-7-10-23(11-8-20)32-15-24-5-4-12-31-24/h6-11,13,16,24H,4-5,12,14-15H2,1-3H3. The molecular weight excluding hydrogens is 452 g/mol. The third-order valence-electron chi connectivity index (χ3n) is 5.70. The second kappa shape index (κ2) is 10.8. The van der Waals surface area contributed by atoms with E-state index in [9.17, 15) is 9.59 Å². The highest BCUT2D eigenvalue weighted by atomic mass is 32.1. The first-order chi connectivity index (χ1) is 16.4. The number of hydrogen-bond donors (Lipinski definition) is 0. The zero-order valence-corrected chi connectivity index (χ0v) is 20.4. The summed E-state index contributed by atoms with van der Waals surface area (Å²) in [5.74, 6) is 0.104. The first-order valence-corrected chi connectivity index (χ1v) is 12.1. The van der Waals surface area contributed by atoms with Crippen molar-refractivity contribution >= 4 is 34.0 Å². The molecule has 3 aromatic rings. The van der Waals surface area contributed by atoms with E-state index in [4.69, 9.17) is 14.2 Å². The summed E-state index contributed by atoms with van der Waals surface area (Å²) in [7, 11) is 0. The van der Waals surface area contributed by atoms with Crippen LogP contribution in [0.1, 0.15) is 46.9 Å².